The van der Waals surface area contributed by atoms with Gasteiger partial charge in [0.05, 0.1) is 6.54 Å². The number of carboxylic acids is 1. The van der Waals surface area contributed by atoms with Gasteiger partial charge < -0.3 is 10.0 Å². The molecule has 1 N–H and O–H groups in total. The summed E-state index contributed by atoms with van der Waals surface area (Å²) in [4.78, 5) is 16.0. The monoisotopic (exact) mass is 320 g/mol. The molecule has 96 valence electrons. The van der Waals surface area contributed by atoms with E-state index in [1.165, 1.54) is 4.88 Å². The minimum atomic E-state index is -0.781. The Kier molecular flexibility index (Phi) is 6.11. The van der Waals surface area contributed by atoms with Crippen molar-refractivity contribution in [3.8, 4) is 0 Å². The topological polar surface area (TPSA) is 43.8 Å². The molecule has 0 saturated carbocycles. The predicted octanol–water partition coefficient (Wildman–Crippen LogP) is 1.96. The molecule has 1 heterocycles. The van der Waals surface area contributed by atoms with Gasteiger partial charge in [0.1, 0.15) is 0 Å². The van der Waals surface area contributed by atoms with Crippen LogP contribution in [0.15, 0.2) is 15.9 Å². The number of aliphatic carboxylic acids is 1. The van der Waals surface area contributed by atoms with Crippen LogP contribution in [0.3, 0.4) is 0 Å². The van der Waals surface area contributed by atoms with Crippen LogP contribution in [0.25, 0.3) is 0 Å². The third-order valence-corrected chi connectivity index (χ3v) is 4.19. The molecule has 0 unspecified atom stereocenters. The number of hydrogen-bond donors (Lipinski definition) is 1. The summed E-state index contributed by atoms with van der Waals surface area (Å²) < 4.78 is 1.06. The Morgan fingerprint density at radius 1 is 1.47 bits per heavy atom. The fourth-order valence-corrected chi connectivity index (χ4v) is 2.91. The average molecular weight is 321 g/mol. The second-order valence-corrected chi connectivity index (χ2v) is 5.95. The highest BCUT2D eigenvalue weighted by molar-refractivity contribution is 9.10. The quantitative estimate of drug-likeness (QED) is 0.834. The SMILES string of the molecule is CN(C)CCN(CC(=O)O)Cc1sccc1Br. The standard InChI is InChI=1S/C11H17BrN2O2S/c1-13(2)4-5-14(8-11(15)16)7-10-9(12)3-6-17-10/h3,6H,4-5,7-8H2,1-2H3,(H,15,16). The van der Waals surface area contributed by atoms with Crippen LogP contribution in [0.1, 0.15) is 4.88 Å². The van der Waals surface area contributed by atoms with Gasteiger partial charge in [0.15, 0.2) is 0 Å². The van der Waals surface area contributed by atoms with Crippen LogP contribution < -0.4 is 0 Å². The maximum Gasteiger partial charge on any atom is 0.317 e. The number of thiophene rings is 1. The van der Waals surface area contributed by atoms with Gasteiger partial charge in [0.2, 0.25) is 0 Å². The van der Waals surface area contributed by atoms with Crippen LogP contribution in [0.5, 0.6) is 0 Å². The number of rotatable bonds is 7. The molecule has 0 saturated heterocycles. The summed E-state index contributed by atoms with van der Waals surface area (Å²) in [5, 5.41) is 10.9. The third kappa shape index (κ3) is 5.63. The van der Waals surface area contributed by atoms with Gasteiger partial charge in [0, 0.05) is 29.0 Å². The lowest BCUT2D eigenvalue weighted by atomic mass is 10.4. The molecule has 0 spiro atoms. The molecule has 0 aromatic carbocycles. The first-order chi connectivity index (χ1) is 7.99. The van der Waals surface area contributed by atoms with Crippen molar-refractivity contribution in [2.75, 3.05) is 33.7 Å². The average Bonchev–Trinajstić information content (AvgIpc) is 2.60. The number of nitrogens with zero attached hydrogens (tertiary/aromatic N) is 2. The number of carbonyl (C=O) groups is 1. The van der Waals surface area contributed by atoms with Crippen molar-refractivity contribution in [2.45, 2.75) is 6.54 Å². The summed E-state index contributed by atoms with van der Waals surface area (Å²) in [6.45, 7) is 2.37. The Hall–Kier alpha value is -0.430. The Morgan fingerprint density at radius 2 is 2.18 bits per heavy atom. The molecular weight excluding hydrogens is 304 g/mol. The normalized spacial score (nSPS) is 11.4. The molecule has 0 amide bonds. The summed E-state index contributed by atoms with van der Waals surface area (Å²) in [5.41, 5.74) is 0. The van der Waals surface area contributed by atoms with Crippen molar-refractivity contribution in [1.82, 2.24) is 9.80 Å². The highest BCUT2D eigenvalue weighted by Crippen LogP contribution is 2.23. The number of hydrogen-bond acceptors (Lipinski definition) is 4. The maximum atomic E-state index is 10.8. The van der Waals surface area contributed by atoms with Gasteiger partial charge in [-0.1, -0.05) is 0 Å². The van der Waals surface area contributed by atoms with Crippen LogP contribution in [0.4, 0.5) is 0 Å². The molecule has 0 aliphatic carbocycles. The van der Waals surface area contributed by atoms with Gasteiger partial charge >= 0.3 is 5.97 Å². The van der Waals surface area contributed by atoms with E-state index in [1.807, 2.05) is 30.4 Å². The predicted molar refractivity (Wildman–Crippen MR) is 73.5 cm³/mol. The van der Waals surface area contributed by atoms with E-state index >= 15 is 0 Å². The lowest BCUT2D eigenvalue weighted by molar-refractivity contribution is -0.138. The van der Waals surface area contributed by atoms with Crippen LogP contribution in [-0.2, 0) is 11.3 Å². The van der Waals surface area contributed by atoms with Crippen LogP contribution >= 0.6 is 27.3 Å². The van der Waals surface area contributed by atoms with Gasteiger partial charge in [0.25, 0.3) is 0 Å². The van der Waals surface area contributed by atoms with E-state index in [9.17, 15) is 4.79 Å². The van der Waals surface area contributed by atoms with E-state index in [2.05, 4.69) is 20.8 Å². The molecule has 0 atom stereocenters. The Morgan fingerprint density at radius 3 is 2.65 bits per heavy atom. The molecular formula is C11H17BrN2O2S. The van der Waals surface area contributed by atoms with Gasteiger partial charge in [-0.2, -0.15) is 0 Å². The van der Waals surface area contributed by atoms with E-state index < -0.39 is 5.97 Å². The second-order valence-electron chi connectivity index (χ2n) is 4.10. The lowest BCUT2D eigenvalue weighted by Gasteiger charge is -2.21. The van der Waals surface area contributed by atoms with Gasteiger partial charge in [-0.25, -0.2) is 0 Å². The maximum absolute atomic E-state index is 10.8. The van der Waals surface area contributed by atoms with Crippen molar-refractivity contribution < 1.29 is 9.90 Å². The van der Waals surface area contributed by atoms with Crippen molar-refractivity contribution in [1.29, 1.82) is 0 Å². The Balaban J connectivity index is 2.57. The molecule has 1 aromatic heterocycles. The van der Waals surface area contributed by atoms with Gasteiger partial charge in [-0.05, 0) is 41.5 Å². The van der Waals surface area contributed by atoms with Crippen LogP contribution in [0, 0.1) is 0 Å². The summed E-state index contributed by atoms with van der Waals surface area (Å²) in [7, 11) is 3.97. The molecule has 17 heavy (non-hydrogen) atoms. The second kappa shape index (κ2) is 7.10. The fourth-order valence-electron chi connectivity index (χ4n) is 1.39. The van der Waals surface area contributed by atoms with Crippen molar-refractivity contribution in [2.24, 2.45) is 0 Å². The Bertz CT molecular complexity index is 368. The zero-order chi connectivity index (χ0) is 12.8. The minimum Gasteiger partial charge on any atom is -0.480 e. The number of likely N-dealkylation sites (N-methyl/N-ethyl adjacent to an activating group) is 1. The van der Waals surface area contributed by atoms with Gasteiger partial charge in [-0.15, -0.1) is 11.3 Å². The van der Waals surface area contributed by atoms with Gasteiger partial charge in [-0.3, -0.25) is 9.69 Å². The largest absolute Gasteiger partial charge is 0.480 e. The first-order valence-electron chi connectivity index (χ1n) is 5.29. The lowest BCUT2D eigenvalue weighted by Crippen LogP contribution is -2.35. The fraction of sp³-hybridized carbons (Fsp3) is 0.545. The number of carboxylic acid groups (broad SMARTS) is 1. The van der Waals surface area contributed by atoms with Crippen molar-refractivity contribution in [3.63, 3.8) is 0 Å². The number of halogens is 1. The van der Waals surface area contributed by atoms with Crippen molar-refractivity contribution in [3.05, 3.63) is 20.8 Å². The van der Waals surface area contributed by atoms with E-state index in [0.29, 0.717) is 6.54 Å². The van der Waals surface area contributed by atoms with E-state index in [-0.39, 0.29) is 6.54 Å². The van der Waals surface area contributed by atoms with Crippen LogP contribution in [0.2, 0.25) is 0 Å². The zero-order valence-electron chi connectivity index (χ0n) is 10.0. The first kappa shape index (κ1) is 14.6. The molecule has 0 aliphatic rings. The highest BCUT2D eigenvalue weighted by Gasteiger charge is 2.12. The van der Waals surface area contributed by atoms with E-state index in [4.69, 9.17) is 5.11 Å². The molecule has 4 nitrogen and oxygen atoms in total. The third-order valence-electron chi connectivity index (χ3n) is 2.28. The molecule has 1 rings (SSSR count). The molecule has 0 fully saturated rings. The van der Waals surface area contributed by atoms with E-state index in [0.717, 1.165) is 17.6 Å². The highest BCUT2D eigenvalue weighted by atomic mass is 79.9. The smallest absolute Gasteiger partial charge is 0.317 e. The summed E-state index contributed by atoms with van der Waals surface area (Å²) in [5.74, 6) is -0.781. The molecule has 0 radical (unpaired) electrons. The molecule has 6 heteroatoms. The summed E-state index contributed by atoms with van der Waals surface area (Å²) >= 11 is 5.11. The summed E-state index contributed by atoms with van der Waals surface area (Å²) in [6, 6.07) is 1.99. The molecule has 1 aromatic rings. The first-order valence-corrected chi connectivity index (χ1v) is 6.97. The summed E-state index contributed by atoms with van der Waals surface area (Å²) in [6.07, 6.45) is 0. The minimum absolute atomic E-state index is 0.0815. The molecule has 0 aliphatic heterocycles. The van der Waals surface area contributed by atoms with E-state index in [1.54, 1.807) is 11.3 Å². The van der Waals surface area contributed by atoms with Crippen LogP contribution in [-0.4, -0.2) is 54.6 Å². The van der Waals surface area contributed by atoms with Crippen molar-refractivity contribution >= 4 is 33.2 Å². The molecule has 0 bridgehead atoms. The Labute approximate surface area is 114 Å². The zero-order valence-corrected chi connectivity index (χ0v) is 12.4.